The van der Waals surface area contributed by atoms with Crippen LogP contribution in [-0.4, -0.2) is 5.78 Å². The highest BCUT2D eigenvalue weighted by Gasteiger charge is 2.06. The Morgan fingerprint density at radius 3 is 2.53 bits per heavy atom. The van der Waals surface area contributed by atoms with Gasteiger partial charge in [0.1, 0.15) is 0 Å². The number of benzene rings is 2. The second kappa shape index (κ2) is 5.14. The third kappa shape index (κ3) is 2.94. The lowest BCUT2D eigenvalue weighted by molar-refractivity contribution is 0.101. The van der Waals surface area contributed by atoms with Crippen molar-refractivity contribution in [1.29, 1.82) is 0 Å². The van der Waals surface area contributed by atoms with E-state index in [9.17, 15) is 4.79 Å². The molecule has 0 heterocycles. The average molecular weight is 254 g/mol. The van der Waals surface area contributed by atoms with Crippen molar-refractivity contribution in [2.75, 3.05) is 11.1 Å². The molecule has 2 rings (SSSR count). The fourth-order valence-electron chi connectivity index (χ4n) is 1.96. The van der Waals surface area contributed by atoms with Crippen LogP contribution in [0.1, 0.15) is 28.4 Å². The first-order chi connectivity index (χ1) is 8.97. The molecule has 0 aliphatic carbocycles. The van der Waals surface area contributed by atoms with Crippen molar-refractivity contribution in [2.45, 2.75) is 20.8 Å². The molecular formula is C16H18N2O. The lowest BCUT2D eigenvalue weighted by Gasteiger charge is -2.12. The minimum atomic E-state index is -0.0258. The number of nitrogens with two attached hydrogens (primary N) is 1. The third-order valence-electron chi connectivity index (χ3n) is 3.10. The van der Waals surface area contributed by atoms with E-state index in [0.29, 0.717) is 11.3 Å². The highest BCUT2D eigenvalue weighted by molar-refractivity contribution is 6.00. The highest BCUT2D eigenvalue weighted by atomic mass is 16.1. The number of hydrogen-bond acceptors (Lipinski definition) is 3. The standard InChI is InChI=1S/C16H18N2O/c1-10-4-5-11(2)16(8-10)18-13-6-7-15(17)14(9-13)12(3)19/h4-9,18H,17H2,1-3H3. The van der Waals surface area contributed by atoms with Gasteiger partial charge in [-0.1, -0.05) is 12.1 Å². The zero-order valence-corrected chi connectivity index (χ0v) is 11.4. The van der Waals surface area contributed by atoms with Crippen molar-refractivity contribution in [3.05, 3.63) is 53.1 Å². The predicted octanol–water partition coefficient (Wildman–Crippen LogP) is 3.83. The topological polar surface area (TPSA) is 55.1 Å². The number of nitrogens with one attached hydrogen (secondary N) is 1. The first-order valence-electron chi connectivity index (χ1n) is 6.22. The number of hydrogen-bond donors (Lipinski definition) is 2. The van der Waals surface area contributed by atoms with Crippen molar-refractivity contribution in [3.8, 4) is 0 Å². The normalized spacial score (nSPS) is 10.3. The van der Waals surface area contributed by atoms with Gasteiger partial charge in [-0.2, -0.15) is 0 Å². The summed E-state index contributed by atoms with van der Waals surface area (Å²) in [5.41, 5.74) is 11.1. The Balaban J connectivity index is 2.36. The number of Topliss-reactive ketones (excluding diaryl/α,β-unsaturated/α-hetero) is 1. The molecule has 0 aromatic heterocycles. The largest absolute Gasteiger partial charge is 0.398 e. The summed E-state index contributed by atoms with van der Waals surface area (Å²) in [5.74, 6) is -0.0258. The van der Waals surface area contributed by atoms with E-state index in [0.717, 1.165) is 16.9 Å². The number of anilines is 3. The molecule has 19 heavy (non-hydrogen) atoms. The molecule has 0 radical (unpaired) electrons. The number of ketones is 1. The Labute approximate surface area is 113 Å². The molecule has 0 spiro atoms. The van der Waals surface area contributed by atoms with Crippen LogP contribution in [0.3, 0.4) is 0 Å². The van der Waals surface area contributed by atoms with Crippen LogP contribution in [0.2, 0.25) is 0 Å². The summed E-state index contributed by atoms with van der Waals surface area (Å²) >= 11 is 0. The first kappa shape index (κ1) is 13.1. The molecule has 0 saturated carbocycles. The number of carbonyl (C=O) groups is 1. The van der Waals surface area contributed by atoms with Gasteiger partial charge in [0.05, 0.1) is 0 Å². The van der Waals surface area contributed by atoms with Gasteiger partial charge < -0.3 is 11.1 Å². The highest BCUT2D eigenvalue weighted by Crippen LogP contribution is 2.24. The fourth-order valence-corrected chi connectivity index (χ4v) is 1.96. The SMILES string of the molecule is CC(=O)c1cc(Nc2cc(C)ccc2C)ccc1N. The van der Waals surface area contributed by atoms with Crippen LogP contribution in [0, 0.1) is 13.8 Å². The predicted molar refractivity (Wildman–Crippen MR) is 80.1 cm³/mol. The Morgan fingerprint density at radius 1 is 1.11 bits per heavy atom. The van der Waals surface area contributed by atoms with Gasteiger partial charge in [0.15, 0.2) is 5.78 Å². The van der Waals surface area contributed by atoms with Crippen LogP contribution in [0.25, 0.3) is 0 Å². The van der Waals surface area contributed by atoms with Crippen molar-refractivity contribution < 1.29 is 4.79 Å². The Kier molecular flexibility index (Phi) is 3.56. The van der Waals surface area contributed by atoms with E-state index in [2.05, 4.69) is 30.4 Å². The molecular weight excluding hydrogens is 236 g/mol. The van der Waals surface area contributed by atoms with E-state index >= 15 is 0 Å². The molecule has 0 amide bonds. The summed E-state index contributed by atoms with van der Waals surface area (Å²) in [7, 11) is 0. The van der Waals surface area contributed by atoms with E-state index < -0.39 is 0 Å². The molecule has 0 bridgehead atoms. The molecule has 2 aromatic rings. The van der Waals surface area contributed by atoms with Crippen molar-refractivity contribution in [2.24, 2.45) is 0 Å². The Hall–Kier alpha value is -2.29. The van der Waals surface area contributed by atoms with Crippen molar-refractivity contribution >= 4 is 22.8 Å². The minimum Gasteiger partial charge on any atom is -0.398 e. The van der Waals surface area contributed by atoms with Gasteiger partial charge in [-0.25, -0.2) is 0 Å². The van der Waals surface area contributed by atoms with E-state index in [-0.39, 0.29) is 5.78 Å². The summed E-state index contributed by atoms with van der Waals surface area (Å²) in [5, 5.41) is 3.33. The zero-order chi connectivity index (χ0) is 14.0. The molecule has 0 aliphatic rings. The van der Waals surface area contributed by atoms with E-state index in [1.165, 1.54) is 12.5 Å². The van der Waals surface area contributed by atoms with Gasteiger partial charge in [0, 0.05) is 22.6 Å². The van der Waals surface area contributed by atoms with Crippen LogP contribution < -0.4 is 11.1 Å². The second-order valence-corrected chi connectivity index (χ2v) is 4.80. The van der Waals surface area contributed by atoms with E-state index in [1.807, 2.05) is 13.0 Å². The molecule has 0 unspecified atom stereocenters. The number of nitrogen functional groups attached to an aromatic ring is 1. The zero-order valence-electron chi connectivity index (χ0n) is 11.4. The van der Waals surface area contributed by atoms with Gasteiger partial charge >= 0.3 is 0 Å². The number of aryl methyl sites for hydroxylation is 2. The first-order valence-corrected chi connectivity index (χ1v) is 6.22. The molecule has 0 atom stereocenters. The van der Waals surface area contributed by atoms with Crippen LogP contribution >= 0.6 is 0 Å². The summed E-state index contributed by atoms with van der Waals surface area (Å²) in [6.07, 6.45) is 0. The maximum Gasteiger partial charge on any atom is 0.161 e. The molecule has 98 valence electrons. The van der Waals surface area contributed by atoms with Crippen LogP contribution in [-0.2, 0) is 0 Å². The van der Waals surface area contributed by atoms with Gasteiger partial charge in [0.2, 0.25) is 0 Å². The van der Waals surface area contributed by atoms with Crippen LogP contribution in [0.5, 0.6) is 0 Å². The lowest BCUT2D eigenvalue weighted by Crippen LogP contribution is -2.01. The number of carbonyl (C=O) groups excluding carboxylic acids is 1. The number of rotatable bonds is 3. The van der Waals surface area contributed by atoms with Crippen molar-refractivity contribution in [1.82, 2.24) is 0 Å². The molecule has 0 saturated heterocycles. The van der Waals surface area contributed by atoms with Crippen LogP contribution in [0.15, 0.2) is 36.4 Å². The fraction of sp³-hybridized carbons (Fsp3) is 0.188. The maximum absolute atomic E-state index is 11.5. The van der Waals surface area contributed by atoms with Crippen LogP contribution in [0.4, 0.5) is 17.1 Å². The quantitative estimate of drug-likeness (QED) is 0.646. The Morgan fingerprint density at radius 2 is 1.84 bits per heavy atom. The van der Waals surface area contributed by atoms with E-state index in [1.54, 1.807) is 12.1 Å². The molecule has 2 aromatic carbocycles. The lowest BCUT2D eigenvalue weighted by atomic mass is 10.1. The Bertz CT molecular complexity index is 633. The smallest absolute Gasteiger partial charge is 0.161 e. The molecule has 0 aliphatic heterocycles. The summed E-state index contributed by atoms with van der Waals surface area (Å²) in [4.78, 5) is 11.5. The summed E-state index contributed by atoms with van der Waals surface area (Å²) in [6, 6.07) is 11.7. The summed E-state index contributed by atoms with van der Waals surface area (Å²) in [6.45, 7) is 5.62. The average Bonchev–Trinajstić information content (AvgIpc) is 2.36. The van der Waals surface area contributed by atoms with Gasteiger partial charge in [0.25, 0.3) is 0 Å². The molecule has 3 heteroatoms. The van der Waals surface area contributed by atoms with Gasteiger partial charge in [-0.15, -0.1) is 0 Å². The van der Waals surface area contributed by atoms with Gasteiger partial charge in [-0.3, -0.25) is 4.79 Å². The summed E-state index contributed by atoms with van der Waals surface area (Å²) < 4.78 is 0. The second-order valence-electron chi connectivity index (χ2n) is 4.80. The molecule has 3 nitrogen and oxygen atoms in total. The minimum absolute atomic E-state index is 0.0258. The van der Waals surface area contributed by atoms with E-state index in [4.69, 9.17) is 5.73 Å². The molecule has 0 fully saturated rings. The third-order valence-corrected chi connectivity index (χ3v) is 3.10. The maximum atomic E-state index is 11.5. The molecule has 3 N–H and O–H groups in total. The van der Waals surface area contributed by atoms with Crippen molar-refractivity contribution in [3.63, 3.8) is 0 Å². The monoisotopic (exact) mass is 254 g/mol. The van der Waals surface area contributed by atoms with Gasteiger partial charge in [-0.05, 0) is 56.2 Å².